The minimum Gasteiger partial charge on any atom is -0.493 e. The Labute approximate surface area is 123 Å². The third-order valence-corrected chi connectivity index (χ3v) is 3.22. The van der Waals surface area contributed by atoms with Gasteiger partial charge in [-0.05, 0) is 36.6 Å². The van der Waals surface area contributed by atoms with Gasteiger partial charge >= 0.3 is 0 Å². The van der Waals surface area contributed by atoms with Crippen LogP contribution in [0, 0.1) is 11.6 Å². The molecule has 0 heterocycles. The molecule has 0 aliphatic carbocycles. The average molecular weight is 291 g/mol. The molecule has 2 nitrogen and oxygen atoms in total. The number of hydrogen-bond acceptors (Lipinski definition) is 2. The van der Waals surface area contributed by atoms with Gasteiger partial charge in [0.1, 0.15) is 5.75 Å². The Morgan fingerprint density at radius 1 is 1.10 bits per heavy atom. The van der Waals surface area contributed by atoms with Gasteiger partial charge in [-0.3, -0.25) is 0 Å². The van der Waals surface area contributed by atoms with Crippen LogP contribution in [0.3, 0.4) is 0 Å². The quantitative estimate of drug-likeness (QED) is 0.873. The third-order valence-electron chi connectivity index (χ3n) is 3.22. The molecule has 21 heavy (non-hydrogen) atoms. The lowest BCUT2D eigenvalue weighted by atomic mass is 9.99. The lowest BCUT2D eigenvalue weighted by Gasteiger charge is -2.17. The van der Waals surface area contributed by atoms with E-state index in [1.54, 1.807) is 6.07 Å². The van der Waals surface area contributed by atoms with E-state index >= 15 is 0 Å². The van der Waals surface area contributed by atoms with Crippen molar-refractivity contribution in [2.24, 2.45) is 5.73 Å². The molecule has 0 saturated heterocycles. The van der Waals surface area contributed by atoms with Gasteiger partial charge in [-0.1, -0.05) is 31.2 Å². The first-order chi connectivity index (χ1) is 10.1. The number of benzene rings is 2. The van der Waals surface area contributed by atoms with E-state index < -0.39 is 11.6 Å². The first-order valence-corrected chi connectivity index (χ1v) is 7.03. The number of rotatable bonds is 6. The lowest BCUT2D eigenvalue weighted by Crippen LogP contribution is -2.15. The Morgan fingerprint density at radius 3 is 2.57 bits per heavy atom. The molecule has 0 bridgehead atoms. The maximum absolute atomic E-state index is 13.2. The molecule has 1 atom stereocenters. The van der Waals surface area contributed by atoms with Crippen LogP contribution >= 0.6 is 0 Å². The summed E-state index contributed by atoms with van der Waals surface area (Å²) in [5, 5.41) is 0. The standard InChI is InChI=1S/C17H19F2NO/c1-2-9-21-17-6-4-3-5-13(17)16(20)11-12-7-8-14(18)15(19)10-12/h3-8,10,16H,2,9,11,20H2,1H3. The molecule has 2 rings (SSSR count). The normalized spacial score (nSPS) is 12.2. The van der Waals surface area contributed by atoms with Crippen molar-refractivity contribution in [1.82, 2.24) is 0 Å². The molecule has 0 radical (unpaired) electrons. The van der Waals surface area contributed by atoms with Crippen LogP contribution in [0.5, 0.6) is 5.75 Å². The van der Waals surface area contributed by atoms with Crippen LogP contribution in [-0.4, -0.2) is 6.61 Å². The number of ether oxygens (including phenoxy) is 1. The number of nitrogens with two attached hydrogens (primary N) is 1. The largest absolute Gasteiger partial charge is 0.493 e. The molecule has 2 aromatic rings. The van der Waals surface area contributed by atoms with E-state index in [-0.39, 0.29) is 6.04 Å². The third kappa shape index (κ3) is 4.02. The highest BCUT2D eigenvalue weighted by atomic mass is 19.2. The summed E-state index contributed by atoms with van der Waals surface area (Å²) in [4.78, 5) is 0. The SMILES string of the molecule is CCCOc1ccccc1C(N)Cc1ccc(F)c(F)c1. The molecule has 112 valence electrons. The second-order valence-electron chi connectivity index (χ2n) is 4.95. The second-order valence-corrected chi connectivity index (χ2v) is 4.95. The van der Waals surface area contributed by atoms with Crippen molar-refractivity contribution in [3.8, 4) is 5.75 Å². The Hall–Kier alpha value is -1.94. The fourth-order valence-electron chi connectivity index (χ4n) is 2.16. The monoisotopic (exact) mass is 291 g/mol. The molecule has 1 unspecified atom stereocenters. The fraction of sp³-hybridized carbons (Fsp3) is 0.294. The minimum atomic E-state index is -0.852. The molecule has 0 aliphatic rings. The Kier molecular flexibility index (Phi) is 5.28. The summed E-state index contributed by atoms with van der Waals surface area (Å²) in [6.07, 6.45) is 1.33. The second kappa shape index (κ2) is 7.18. The summed E-state index contributed by atoms with van der Waals surface area (Å²) in [7, 11) is 0. The van der Waals surface area contributed by atoms with Gasteiger partial charge in [0.15, 0.2) is 11.6 Å². The van der Waals surface area contributed by atoms with E-state index in [1.165, 1.54) is 6.07 Å². The first kappa shape index (κ1) is 15.4. The summed E-state index contributed by atoms with van der Waals surface area (Å²) in [6.45, 7) is 2.65. The molecule has 2 aromatic carbocycles. The van der Waals surface area contributed by atoms with Crippen molar-refractivity contribution in [3.05, 3.63) is 65.2 Å². The Bertz CT molecular complexity index is 601. The zero-order valence-electron chi connectivity index (χ0n) is 12.0. The van der Waals surface area contributed by atoms with Crippen molar-refractivity contribution in [2.75, 3.05) is 6.61 Å². The molecule has 0 fully saturated rings. The van der Waals surface area contributed by atoms with Crippen molar-refractivity contribution in [1.29, 1.82) is 0 Å². The van der Waals surface area contributed by atoms with Gasteiger partial charge in [0.25, 0.3) is 0 Å². The predicted octanol–water partition coefficient (Wildman–Crippen LogP) is 4.00. The summed E-state index contributed by atoms with van der Waals surface area (Å²) < 4.78 is 31.8. The lowest BCUT2D eigenvalue weighted by molar-refractivity contribution is 0.312. The van der Waals surface area contributed by atoms with Crippen molar-refractivity contribution < 1.29 is 13.5 Å². The topological polar surface area (TPSA) is 35.2 Å². The molecule has 0 saturated carbocycles. The highest BCUT2D eigenvalue weighted by molar-refractivity contribution is 5.37. The average Bonchev–Trinajstić information content (AvgIpc) is 2.49. The van der Waals surface area contributed by atoms with Crippen molar-refractivity contribution in [3.63, 3.8) is 0 Å². The van der Waals surface area contributed by atoms with Crippen molar-refractivity contribution >= 4 is 0 Å². The molecule has 4 heteroatoms. The van der Waals surface area contributed by atoms with E-state index in [2.05, 4.69) is 0 Å². The van der Waals surface area contributed by atoms with Crippen LogP contribution in [0.2, 0.25) is 0 Å². The number of halogens is 2. The van der Waals surface area contributed by atoms with Gasteiger partial charge in [0.05, 0.1) is 6.61 Å². The number of para-hydroxylation sites is 1. The van der Waals surface area contributed by atoms with Crippen LogP contribution in [0.4, 0.5) is 8.78 Å². The van der Waals surface area contributed by atoms with E-state index in [1.807, 2.05) is 31.2 Å². The summed E-state index contributed by atoms with van der Waals surface area (Å²) >= 11 is 0. The van der Waals surface area contributed by atoms with Crippen LogP contribution in [-0.2, 0) is 6.42 Å². The fourth-order valence-corrected chi connectivity index (χ4v) is 2.16. The maximum Gasteiger partial charge on any atom is 0.159 e. The first-order valence-electron chi connectivity index (χ1n) is 7.03. The van der Waals surface area contributed by atoms with Crippen LogP contribution < -0.4 is 10.5 Å². The smallest absolute Gasteiger partial charge is 0.159 e. The minimum absolute atomic E-state index is 0.331. The molecule has 0 aromatic heterocycles. The van der Waals surface area contributed by atoms with Gasteiger partial charge in [0.2, 0.25) is 0 Å². The van der Waals surface area contributed by atoms with Crippen LogP contribution in [0.25, 0.3) is 0 Å². The summed E-state index contributed by atoms with van der Waals surface area (Å²) in [5.74, 6) is -0.955. The highest BCUT2D eigenvalue weighted by Crippen LogP contribution is 2.26. The van der Waals surface area contributed by atoms with Crippen LogP contribution in [0.1, 0.15) is 30.5 Å². The van der Waals surface area contributed by atoms with Crippen molar-refractivity contribution in [2.45, 2.75) is 25.8 Å². The molecular weight excluding hydrogens is 272 g/mol. The molecular formula is C17H19F2NO. The van der Waals surface area contributed by atoms with E-state index in [9.17, 15) is 8.78 Å². The maximum atomic E-state index is 13.2. The predicted molar refractivity (Wildman–Crippen MR) is 79.2 cm³/mol. The Balaban J connectivity index is 2.15. The van der Waals surface area contributed by atoms with Crippen LogP contribution in [0.15, 0.2) is 42.5 Å². The molecule has 0 amide bonds. The highest BCUT2D eigenvalue weighted by Gasteiger charge is 2.13. The summed E-state index contributed by atoms with van der Waals surface area (Å²) in [6, 6.07) is 11.1. The van der Waals surface area contributed by atoms with Gasteiger partial charge in [-0.25, -0.2) is 8.78 Å². The van der Waals surface area contributed by atoms with E-state index in [4.69, 9.17) is 10.5 Å². The molecule has 0 aliphatic heterocycles. The summed E-state index contributed by atoms with van der Waals surface area (Å²) in [5.41, 5.74) is 7.72. The zero-order chi connectivity index (χ0) is 15.2. The van der Waals surface area contributed by atoms with Gasteiger partial charge in [-0.2, -0.15) is 0 Å². The van der Waals surface area contributed by atoms with E-state index in [0.717, 1.165) is 23.8 Å². The Morgan fingerprint density at radius 2 is 1.86 bits per heavy atom. The molecule has 0 spiro atoms. The van der Waals surface area contributed by atoms with Gasteiger partial charge < -0.3 is 10.5 Å². The molecule has 2 N–H and O–H groups in total. The van der Waals surface area contributed by atoms with Gasteiger partial charge in [0, 0.05) is 11.6 Å². The van der Waals surface area contributed by atoms with Gasteiger partial charge in [-0.15, -0.1) is 0 Å². The number of hydrogen-bond donors (Lipinski definition) is 1. The zero-order valence-corrected chi connectivity index (χ0v) is 12.0. The van der Waals surface area contributed by atoms with E-state index in [0.29, 0.717) is 18.6 Å².